The predicted molar refractivity (Wildman–Crippen MR) is 55.0 cm³/mol. The average Bonchev–Trinajstić information content (AvgIpc) is 2.79. The average molecular weight is 194 g/mol. The first-order chi connectivity index (χ1) is 6.81. The van der Waals surface area contributed by atoms with Crippen molar-refractivity contribution in [1.82, 2.24) is 10.5 Å². The van der Waals surface area contributed by atoms with Gasteiger partial charge in [-0.05, 0) is 32.7 Å². The van der Waals surface area contributed by atoms with Gasteiger partial charge in [0.2, 0.25) is 0 Å². The summed E-state index contributed by atoms with van der Waals surface area (Å²) < 4.78 is 5.32. The number of hydrogen-bond acceptors (Lipinski definition) is 3. The zero-order chi connectivity index (χ0) is 9.97. The lowest BCUT2D eigenvalue weighted by Gasteiger charge is -2.19. The van der Waals surface area contributed by atoms with Crippen LogP contribution in [0.2, 0.25) is 0 Å². The molecule has 1 aliphatic rings. The topological polar surface area (TPSA) is 38.1 Å². The first-order valence-corrected chi connectivity index (χ1v) is 5.41. The third kappa shape index (κ3) is 1.82. The van der Waals surface area contributed by atoms with Gasteiger partial charge in [-0.2, -0.15) is 0 Å². The highest BCUT2D eigenvalue weighted by atomic mass is 16.5. The van der Waals surface area contributed by atoms with Crippen LogP contribution in [0.3, 0.4) is 0 Å². The highest BCUT2D eigenvalue weighted by Crippen LogP contribution is 2.35. The van der Waals surface area contributed by atoms with E-state index in [2.05, 4.69) is 10.5 Å². The van der Waals surface area contributed by atoms with Gasteiger partial charge in [0.05, 0.1) is 11.7 Å². The molecular weight excluding hydrogens is 176 g/mol. The van der Waals surface area contributed by atoms with Crippen molar-refractivity contribution >= 4 is 0 Å². The third-order valence-electron chi connectivity index (χ3n) is 3.13. The number of rotatable bonds is 3. The van der Waals surface area contributed by atoms with Gasteiger partial charge in [0.25, 0.3) is 0 Å². The van der Waals surface area contributed by atoms with Gasteiger partial charge in [-0.3, -0.25) is 0 Å². The minimum absolute atomic E-state index is 0.360. The maximum atomic E-state index is 5.32. The summed E-state index contributed by atoms with van der Waals surface area (Å²) in [5.41, 5.74) is 0.971. The van der Waals surface area contributed by atoms with Gasteiger partial charge >= 0.3 is 0 Å². The van der Waals surface area contributed by atoms with Crippen LogP contribution in [0.1, 0.15) is 43.2 Å². The van der Waals surface area contributed by atoms with E-state index < -0.39 is 0 Å². The number of nitrogens with zero attached hydrogens (tertiary/aromatic N) is 1. The Bertz CT molecular complexity index is 289. The van der Waals surface area contributed by atoms with Gasteiger partial charge in [0.15, 0.2) is 5.76 Å². The van der Waals surface area contributed by atoms with E-state index in [9.17, 15) is 0 Å². The smallest absolute Gasteiger partial charge is 0.154 e. The van der Waals surface area contributed by atoms with Crippen LogP contribution in [-0.4, -0.2) is 12.2 Å². The lowest BCUT2D eigenvalue weighted by atomic mass is 9.96. The summed E-state index contributed by atoms with van der Waals surface area (Å²) in [6.45, 7) is 1.97. The van der Waals surface area contributed by atoms with E-state index in [-0.39, 0.29) is 0 Å². The Morgan fingerprint density at radius 3 is 2.71 bits per heavy atom. The predicted octanol–water partition coefficient (Wildman–Crippen LogP) is 2.43. The van der Waals surface area contributed by atoms with Gasteiger partial charge in [0.1, 0.15) is 0 Å². The highest BCUT2D eigenvalue weighted by molar-refractivity contribution is 5.09. The van der Waals surface area contributed by atoms with Crippen LogP contribution in [0.25, 0.3) is 0 Å². The fourth-order valence-corrected chi connectivity index (χ4v) is 2.43. The monoisotopic (exact) mass is 194 g/mol. The molecule has 0 spiro atoms. The van der Waals surface area contributed by atoms with E-state index in [1.807, 2.05) is 20.0 Å². The molecule has 1 heterocycles. The highest BCUT2D eigenvalue weighted by Gasteiger charge is 2.27. The van der Waals surface area contributed by atoms with E-state index >= 15 is 0 Å². The Hall–Kier alpha value is -0.830. The number of aryl methyl sites for hydroxylation is 1. The Morgan fingerprint density at radius 2 is 2.21 bits per heavy atom. The van der Waals surface area contributed by atoms with Crippen molar-refractivity contribution in [2.45, 2.75) is 38.6 Å². The Labute approximate surface area is 84.9 Å². The molecule has 1 aromatic rings. The van der Waals surface area contributed by atoms with Crippen LogP contribution in [0.5, 0.6) is 0 Å². The van der Waals surface area contributed by atoms with E-state index in [1.54, 1.807) is 0 Å². The summed E-state index contributed by atoms with van der Waals surface area (Å²) in [4.78, 5) is 0. The van der Waals surface area contributed by atoms with Crippen LogP contribution in [0.4, 0.5) is 0 Å². The lowest BCUT2D eigenvalue weighted by Crippen LogP contribution is -2.23. The number of aromatic nitrogens is 1. The second-order valence-corrected chi connectivity index (χ2v) is 4.18. The number of hydrogen-bond donors (Lipinski definition) is 1. The summed E-state index contributed by atoms with van der Waals surface area (Å²) >= 11 is 0. The Morgan fingerprint density at radius 1 is 1.50 bits per heavy atom. The summed E-state index contributed by atoms with van der Waals surface area (Å²) in [5.74, 6) is 1.73. The molecule has 0 amide bonds. The largest absolute Gasteiger partial charge is 0.359 e. The molecule has 1 aromatic heterocycles. The molecule has 3 nitrogen and oxygen atoms in total. The van der Waals surface area contributed by atoms with Gasteiger partial charge in [-0.1, -0.05) is 18.0 Å². The van der Waals surface area contributed by atoms with E-state index in [1.165, 1.54) is 25.7 Å². The molecular formula is C11H18N2O. The first-order valence-electron chi connectivity index (χ1n) is 5.41. The molecule has 0 radical (unpaired) electrons. The molecule has 1 N–H and O–H groups in total. The van der Waals surface area contributed by atoms with Crippen molar-refractivity contribution in [3.63, 3.8) is 0 Å². The molecule has 1 saturated carbocycles. The standard InChI is InChI=1S/C11H18N2O/c1-8-7-10(14-13-8)11(12-2)9-5-3-4-6-9/h7,9,11-12H,3-6H2,1-2H3. The molecule has 0 aliphatic heterocycles. The molecule has 0 aromatic carbocycles. The van der Waals surface area contributed by atoms with Crippen LogP contribution in [0, 0.1) is 12.8 Å². The summed E-state index contributed by atoms with van der Waals surface area (Å²) in [6.07, 6.45) is 5.34. The molecule has 1 aliphatic carbocycles. The molecule has 78 valence electrons. The molecule has 1 atom stereocenters. The quantitative estimate of drug-likeness (QED) is 0.803. The fourth-order valence-electron chi connectivity index (χ4n) is 2.43. The van der Waals surface area contributed by atoms with Crippen molar-refractivity contribution in [2.75, 3.05) is 7.05 Å². The van der Waals surface area contributed by atoms with Crippen molar-refractivity contribution in [3.05, 3.63) is 17.5 Å². The summed E-state index contributed by atoms with van der Waals surface area (Å²) in [5, 5.41) is 7.28. The second-order valence-electron chi connectivity index (χ2n) is 4.18. The minimum atomic E-state index is 0.360. The SMILES string of the molecule is CNC(c1cc(C)no1)C1CCCC1. The van der Waals surface area contributed by atoms with Crippen LogP contribution < -0.4 is 5.32 Å². The van der Waals surface area contributed by atoms with Crippen LogP contribution in [0.15, 0.2) is 10.6 Å². The maximum Gasteiger partial charge on any atom is 0.154 e. The van der Waals surface area contributed by atoms with Gasteiger partial charge < -0.3 is 9.84 Å². The summed E-state index contributed by atoms with van der Waals surface area (Å²) in [6, 6.07) is 2.40. The molecule has 3 heteroatoms. The van der Waals surface area contributed by atoms with Gasteiger partial charge in [-0.25, -0.2) is 0 Å². The second kappa shape index (κ2) is 4.13. The maximum absolute atomic E-state index is 5.32. The normalized spacial score (nSPS) is 20.1. The lowest BCUT2D eigenvalue weighted by molar-refractivity contribution is 0.288. The minimum Gasteiger partial charge on any atom is -0.359 e. The molecule has 2 rings (SSSR count). The van der Waals surface area contributed by atoms with E-state index in [4.69, 9.17) is 4.52 Å². The summed E-state index contributed by atoms with van der Waals surface area (Å²) in [7, 11) is 2.00. The molecule has 0 saturated heterocycles. The molecule has 1 fully saturated rings. The zero-order valence-electron chi connectivity index (χ0n) is 8.92. The van der Waals surface area contributed by atoms with E-state index in [0.29, 0.717) is 6.04 Å². The Balaban J connectivity index is 2.12. The molecule has 1 unspecified atom stereocenters. The van der Waals surface area contributed by atoms with Crippen molar-refractivity contribution < 1.29 is 4.52 Å². The third-order valence-corrected chi connectivity index (χ3v) is 3.13. The molecule has 14 heavy (non-hydrogen) atoms. The van der Waals surface area contributed by atoms with E-state index in [0.717, 1.165) is 17.4 Å². The zero-order valence-corrected chi connectivity index (χ0v) is 8.92. The fraction of sp³-hybridized carbons (Fsp3) is 0.727. The van der Waals surface area contributed by atoms with Gasteiger partial charge in [0, 0.05) is 6.07 Å². The van der Waals surface area contributed by atoms with Crippen molar-refractivity contribution in [3.8, 4) is 0 Å². The first kappa shape index (κ1) is 9.71. The number of nitrogens with one attached hydrogen (secondary N) is 1. The van der Waals surface area contributed by atoms with Crippen molar-refractivity contribution in [2.24, 2.45) is 5.92 Å². The van der Waals surface area contributed by atoms with Crippen molar-refractivity contribution in [1.29, 1.82) is 0 Å². The Kier molecular flexibility index (Phi) is 2.87. The van der Waals surface area contributed by atoms with Crippen LogP contribution >= 0.6 is 0 Å². The molecule has 0 bridgehead atoms. The van der Waals surface area contributed by atoms with Crippen LogP contribution in [-0.2, 0) is 0 Å². The van der Waals surface area contributed by atoms with Gasteiger partial charge in [-0.15, -0.1) is 0 Å².